The van der Waals surface area contributed by atoms with E-state index >= 15 is 0 Å². The number of hydrogen-bond donors (Lipinski definition) is 2. The first-order valence-corrected chi connectivity index (χ1v) is 9.75. The van der Waals surface area contributed by atoms with Crippen LogP contribution in [0.3, 0.4) is 0 Å². The van der Waals surface area contributed by atoms with Crippen LogP contribution in [0, 0.1) is 13.8 Å². The van der Waals surface area contributed by atoms with Gasteiger partial charge >= 0.3 is 0 Å². The first-order chi connectivity index (χ1) is 14.4. The summed E-state index contributed by atoms with van der Waals surface area (Å²) in [4.78, 5) is 26.1. The van der Waals surface area contributed by atoms with Crippen LogP contribution in [0.4, 0.5) is 5.82 Å². The van der Waals surface area contributed by atoms with E-state index in [4.69, 9.17) is 4.74 Å². The molecule has 4 rings (SSSR count). The molecule has 7 heteroatoms. The molecule has 0 fully saturated rings. The zero-order chi connectivity index (χ0) is 21.4. The van der Waals surface area contributed by atoms with Crippen molar-refractivity contribution in [1.82, 2.24) is 15.1 Å². The molecule has 0 radical (unpaired) electrons. The summed E-state index contributed by atoms with van der Waals surface area (Å²) >= 11 is 0. The SMILES string of the molecule is COc1cccc([C@H]2c3c(C)nn(C)c3NC(=O)[C@@H]2NC(=O)c2cccc(C)c2)c1. The molecule has 154 valence electrons. The van der Waals surface area contributed by atoms with Gasteiger partial charge in [-0.15, -0.1) is 0 Å². The van der Waals surface area contributed by atoms with Crippen LogP contribution < -0.4 is 15.4 Å². The Morgan fingerprint density at radius 1 is 1.17 bits per heavy atom. The van der Waals surface area contributed by atoms with E-state index in [1.54, 1.807) is 31.0 Å². The fraction of sp³-hybridized carbons (Fsp3) is 0.261. The quantitative estimate of drug-likeness (QED) is 0.700. The smallest absolute Gasteiger partial charge is 0.251 e. The lowest BCUT2D eigenvalue weighted by atomic mass is 9.81. The van der Waals surface area contributed by atoms with Gasteiger partial charge in [0.2, 0.25) is 5.91 Å². The summed E-state index contributed by atoms with van der Waals surface area (Å²) in [5.74, 6) is 0.360. The summed E-state index contributed by atoms with van der Waals surface area (Å²) in [6.07, 6.45) is 0. The predicted octanol–water partition coefficient (Wildman–Crippen LogP) is 2.93. The van der Waals surface area contributed by atoms with Crippen molar-refractivity contribution in [3.05, 3.63) is 76.5 Å². The lowest BCUT2D eigenvalue weighted by Gasteiger charge is -2.32. The number of anilines is 1. The third-order valence-corrected chi connectivity index (χ3v) is 5.46. The van der Waals surface area contributed by atoms with Crippen molar-refractivity contribution < 1.29 is 14.3 Å². The lowest BCUT2D eigenvalue weighted by molar-refractivity contribution is -0.118. The Morgan fingerprint density at radius 3 is 2.67 bits per heavy atom. The zero-order valence-corrected chi connectivity index (χ0v) is 17.4. The molecule has 2 heterocycles. The number of rotatable bonds is 4. The average molecular weight is 404 g/mol. The van der Waals surface area contributed by atoms with Crippen LogP contribution in [-0.2, 0) is 11.8 Å². The Hall–Kier alpha value is -3.61. The second-order valence-corrected chi connectivity index (χ2v) is 7.54. The highest BCUT2D eigenvalue weighted by molar-refractivity contribution is 6.04. The molecule has 1 aliphatic heterocycles. The summed E-state index contributed by atoms with van der Waals surface area (Å²) in [5.41, 5.74) is 4.05. The number of fused-ring (bicyclic) bond motifs is 1. The van der Waals surface area contributed by atoms with Crippen molar-refractivity contribution in [1.29, 1.82) is 0 Å². The van der Waals surface area contributed by atoms with Crippen molar-refractivity contribution in [2.45, 2.75) is 25.8 Å². The van der Waals surface area contributed by atoms with Gasteiger partial charge in [0.15, 0.2) is 0 Å². The zero-order valence-electron chi connectivity index (χ0n) is 17.4. The van der Waals surface area contributed by atoms with Gasteiger partial charge in [-0.1, -0.05) is 29.8 Å². The molecule has 0 spiro atoms. The van der Waals surface area contributed by atoms with Crippen LogP contribution in [-0.4, -0.2) is 34.7 Å². The number of hydrogen-bond acceptors (Lipinski definition) is 4. The van der Waals surface area contributed by atoms with Gasteiger partial charge in [0.05, 0.1) is 12.8 Å². The molecular formula is C23H24N4O3. The van der Waals surface area contributed by atoms with Crippen LogP contribution in [0.1, 0.15) is 38.7 Å². The molecule has 0 saturated carbocycles. The van der Waals surface area contributed by atoms with Gasteiger partial charge in [0, 0.05) is 24.1 Å². The largest absolute Gasteiger partial charge is 0.497 e. The van der Waals surface area contributed by atoms with Gasteiger partial charge in [-0.2, -0.15) is 5.10 Å². The summed E-state index contributed by atoms with van der Waals surface area (Å²) < 4.78 is 7.05. The molecule has 2 N–H and O–H groups in total. The maximum atomic E-state index is 13.1. The number of aromatic nitrogens is 2. The lowest BCUT2D eigenvalue weighted by Crippen LogP contribution is -2.50. The number of ether oxygens (including phenoxy) is 1. The third kappa shape index (κ3) is 3.43. The van der Waals surface area contributed by atoms with E-state index in [0.717, 1.165) is 22.4 Å². The molecule has 2 aromatic carbocycles. The summed E-state index contributed by atoms with van der Waals surface area (Å²) in [6, 6.07) is 14.1. The van der Waals surface area contributed by atoms with Crippen LogP contribution >= 0.6 is 0 Å². The number of nitrogens with zero attached hydrogens (tertiary/aromatic N) is 2. The normalized spacial score (nSPS) is 17.8. The Labute approximate surface area is 175 Å². The highest BCUT2D eigenvalue weighted by atomic mass is 16.5. The molecule has 0 unspecified atom stereocenters. The number of aryl methyl sites for hydroxylation is 3. The van der Waals surface area contributed by atoms with E-state index in [2.05, 4.69) is 15.7 Å². The molecular weight excluding hydrogens is 380 g/mol. The molecule has 1 aromatic heterocycles. The van der Waals surface area contributed by atoms with Crippen LogP contribution in [0.25, 0.3) is 0 Å². The predicted molar refractivity (Wildman–Crippen MR) is 114 cm³/mol. The maximum absolute atomic E-state index is 13.1. The second kappa shape index (κ2) is 7.67. The van der Waals surface area contributed by atoms with Crippen LogP contribution in [0.15, 0.2) is 48.5 Å². The molecule has 0 saturated heterocycles. The van der Waals surface area contributed by atoms with E-state index < -0.39 is 12.0 Å². The molecule has 7 nitrogen and oxygen atoms in total. The fourth-order valence-corrected chi connectivity index (χ4v) is 4.06. The first-order valence-electron chi connectivity index (χ1n) is 9.75. The topological polar surface area (TPSA) is 85.2 Å². The molecule has 0 bridgehead atoms. The Kier molecular flexibility index (Phi) is 5.03. The monoisotopic (exact) mass is 404 g/mol. The first kappa shape index (κ1) is 19.7. The molecule has 2 atom stereocenters. The average Bonchev–Trinajstić information content (AvgIpc) is 3.01. The highest BCUT2D eigenvalue weighted by Gasteiger charge is 2.41. The number of methoxy groups -OCH3 is 1. The number of amides is 2. The van der Waals surface area contributed by atoms with Gasteiger partial charge in [-0.05, 0) is 43.7 Å². The minimum absolute atomic E-state index is 0.278. The number of nitrogens with one attached hydrogen (secondary N) is 2. The van der Waals surface area contributed by atoms with Gasteiger partial charge < -0.3 is 15.4 Å². The summed E-state index contributed by atoms with van der Waals surface area (Å²) in [5, 5.41) is 10.3. The highest BCUT2D eigenvalue weighted by Crippen LogP contribution is 2.40. The van der Waals surface area contributed by atoms with E-state index in [-0.39, 0.29) is 11.8 Å². The molecule has 1 aliphatic rings. The van der Waals surface area contributed by atoms with Crippen molar-refractivity contribution in [3.8, 4) is 5.75 Å². The van der Waals surface area contributed by atoms with Crippen LogP contribution in [0.5, 0.6) is 5.75 Å². The van der Waals surface area contributed by atoms with Crippen molar-refractivity contribution in [2.75, 3.05) is 12.4 Å². The summed E-state index contributed by atoms with van der Waals surface area (Å²) in [6.45, 7) is 3.83. The van der Waals surface area contributed by atoms with Crippen molar-refractivity contribution >= 4 is 17.6 Å². The Balaban J connectivity index is 1.80. The van der Waals surface area contributed by atoms with Gasteiger partial charge in [-0.3, -0.25) is 14.3 Å². The minimum Gasteiger partial charge on any atom is -0.497 e. The number of carbonyl (C=O) groups is 2. The fourth-order valence-electron chi connectivity index (χ4n) is 4.06. The molecule has 30 heavy (non-hydrogen) atoms. The van der Waals surface area contributed by atoms with Gasteiger partial charge in [0.25, 0.3) is 5.91 Å². The van der Waals surface area contributed by atoms with E-state index in [1.165, 1.54) is 0 Å². The number of benzene rings is 2. The van der Waals surface area contributed by atoms with E-state index in [9.17, 15) is 9.59 Å². The minimum atomic E-state index is -0.791. The van der Waals surface area contributed by atoms with E-state index in [0.29, 0.717) is 17.1 Å². The van der Waals surface area contributed by atoms with Crippen molar-refractivity contribution in [2.24, 2.45) is 7.05 Å². The molecule has 3 aromatic rings. The van der Waals surface area contributed by atoms with Gasteiger partial charge in [-0.25, -0.2) is 0 Å². The standard InChI is InChI=1S/C23H24N4O3/c1-13-7-5-9-16(11-13)22(28)24-20-19(15-8-6-10-17(12-15)30-4)18-14(2)26-27(3)21(18)25-23(20)29/h5-12,19-20H,1-4H3,(H,24,28)(H,25,29)/t19-,20+/m0/s1. The van der Waals surface area contributed by atoms with Crippen LogP contribution in [0.2, 0.25) is 0 Å². The molecule has 2 amide bonds. The maximum Gasteiger partial charge on any atom is 0.251 e. The van der Waals surface area contributed by atoms with E-state index in [1.807, 2.05) is 50.2 Å². The van der Waals surface area contributed by atoms with Crippen molar-refractivity contribution in [3.63, 3.8) is 0 Å². The third-order valence-electron chi connectivity index (χ3n) is 5.46. The molecule has 0 aliphatic carbocycles. The Bertz CT molecular complexity index is 1140. The second-order valence-electron chi connectivity index (χ2n) is 7.54. The summed E-state index contributed by atoms with van der Waals surface area (Å²) in [7, 11) is 3.39. The Morgan fingerprint density at radius 2 is 1.93 bits per heavy atom. The number of carbonyl (C=O) groups excluding carboxylic acids is 2. The van der Waals surface area contributed by atoms with Gasteiger partial charge in [0.1, 0.15) is 17.6 Å².